The third kappa shape index (κ3) is 4.09. The summed E-state index contributed by atoms with van der Waals surface area (Å²) in [6.45, 7) is 1.50. The Kier molecular flexibility index (Phi) is 5.03. The van der Waals surface area contributed by atoms with Gasteiger partial charge in [-0.05, 0) is 49.2 Å². The van der Waals surface area contributed by atoms with E-state index in [1.165, 1.54) is 12.1 Å². The Morgan fingerprint density at radius 1 is 1.06 bits per heavy atom. The van der Waals surface area contributed by atoms with Crippen molar-refractivity contribution in [2.24, 2.45) is 5.92 Å². The summed E-state index contributed by atoms with van der Waals surface area (Å²) < 4.78 is 13.5. The summed E-state index contributed by atoms with van der Waals surface area (Å²) in [7, 11) is 0. The summed E-state index contributed by atoms with van der Waals surface area (Å²) in [4.78, 5) is 31.2. The molecule has 1 saturated heterocycles. The van der Waals surface area contributed by atoms with Crippen molar-refractivity contribution in [2.75, 3.05) is 23.3 Å². The first-order valence-electron chi connectivity index (χ1n) is 10.2. The minimum absolute atomic E-state index is 0.0119. The molecular weight excluding hydrogens is 395 g/mol. The van der Waals surface area contributed by atoms with E-state index in [0.29, 0.717) is 23.0 Å². The summed E-state index contributed by atoms with van der Waals surface area (Å²) in [5, 5.41) is 3.02. The van der Waals surface area contributed by atoms with Crippen molar-refractivity contribution >= 4 is 28.6 Å². The Morgan fingerprint density at radius 2 is 1.87 bits per heavy atom. The van der Waals surface area contributed by atoms with E-state index in [-0.39, 0.29) is 17.6 Å². The Hall–Kier alpha value is -3.81. The monoisotopic (exact) mass is 416 g/mol. The third-order valence-corrected chi connectivity index (χ3v) is 5.55. The topological polar surface area (TPSA) is 86.8 Å². The lowest BCUT2D eigenvalue weighted by Crippen LogP contribution is -2.39. The molecule has 0 bridgehead atoms. The number of anilines is 2. The van der Waals surface area contributed by atoms with E-state index in [9.17, 15) is 9.18 Å². The molecule has 0 spiro atoms. The zero-order valence-electron chi connectivity index (χ0n) is 16.8. The molecule has 0 saturated carbocycles. The van der Waals surface area contributed by atoms with Gasteiger partial charge in [-0.25, -0.2) is 19.3 Å². The molecule has 5 rings (SSSR count). The average molecular weight is 416 g/mol. The largest absolute Gasteiger partial charge is 0.341 e. The molecule has 1 aliphatic rings. The van der Waals surface area contributed by atoms with Crippen LogP contribution in [-0.2, 0) is 4.79 Å². The van der Waals surface area contributed by atoms with Gasteiger partial charge in [0.2, 0.25) is 11.9 Å². The van der Waals surface area contributed by atoms with E-state index in [1.807, 2.05) is 18.2 Å². The number of halogens is 1. The molecule has 31 heavy (non-hydrogen) atoms. The molecule has 156 valence electrons. The van der Waals surface area contributed by atoms with Crippen LogP contribution in [0.2, 0.25) is 0 Å². The molecule has 4 aromatic rings. The molecule has 1 aliphatic heterocycles. The molecule has 2 aromatic heterocycles. The number of carbonyl (C=O) groups excluding carboxylic acids is 1. The van der Waals surface area contributed by atoms with Crippen molar-refractivity contribution in [2.45, 2.75) is 12.8 Å². The molecule has 3 heterocycles. The standard InChI is InChI=1S/C23H21FN6O/c24-17-4-1-3-16(13-17)21-28-19-6-5-18(14-20(19)29-21)27-22(31)15-7-11-30(12-8-15)23-25-9-2-10-26-23/h1-6,9-10,13-15H,7-8,11-12H2,(H,27,31)(H,28,29). The van der Waals surface area contributed by atoms with Crippen LogP contribution >= 0.6 is 0 Å². The molecule has 0 unspecified atom stereocenters. The molecule has 0 atom stereocenters. The molecule has 1 amide bonds. The highest BCUT2D eigenvalue weighted by Gasteiger charge is 2.26. The van der Waals surface area contributed by atoms with E-state index in [4.69, 9.17) is 0 Å². The lowest BCUT2D eigenvalue weighted by molar-refractivity contribution is -0.120. The molecule has 2 N–H and O–H groups in total. The summed E-state index contributed by atoms with van der Waals surface area (Å²) >= 11 is 0. The summed E-state index contributed by atoms with van der Waals surface area (Å²) in [5.41, 5.74) is 2.93. The maximum atomic E-state index is 13.5. The normalized spacial score (nSPS) is 14.7. The quantitative estimate of drug-likeness (QED) is 0.525. The number of carbonyl (C=O) groups is 1. The van der Waals surface area contributed by atoms with Crippen molar-refractivity contribution in [3.05, 3.63) is 66.7 Å². The first kappa shape index (κ1) is 19.2. The fourth-order valence-electron chi connectivity index (χ4n) is 3.90. The van der Waals surface area contributed by atoms with Crippen molar-refractivity contribution in [3.63, 3.8) is 0 Å². The second kappa shape index (κ2) is 8.14. The second-order valence-corrected chi connectivity index (χ2v) is 7.63. The van der Waals surface area contributed by atoms with Crippen LogP contribution in [0, 0.1) is 11.7 Å². The lowest BCUT2D eigenvalue weighted by atomic mass is 9.96. The van der Waals surface area contributed by atoms with Crippen molar-refractivity contribution in [3.8, 4) is 11.4 Å². The number of benzene rings is 2. The number of hydrogen-bond donors (Lipinski definition) is 2. The molecule has 0 radical (unpaired) electrons. The van der Waals surface area contributed by atoms with Gasteiger partial charge in [0, 0.05) is 42.7 Å². The van der Waals surface area contributed by atoms with Gasteiger partial charge in [0.15, 0.2) is 0 Å². The minimum Gasteiger partial charge on any atom is -0.341 e. The number of piperidine rings is 1. The zero-order valence-corrected chi connectivity index (χ0v) is 16.8. The van der Waals surface area contributed by atoms with Crippen LogP contribution in [0.15, 0.2) is 60.9 Å². The second-order valence-electron chi connectivity index (χ2n) is 7.63. The van der Waals surface area contributed by atoms with Gasteiger partial charge in [-0.2, -0.15) is 0 Å². The van der Waals surface area contributed by atoms with Crippen LogP contribution < -0.4 is 10.2 Å². The molecule has 2 aromatic carbocycles. The van der Waals surface area contributed by atoms with Gasteiger partial charge in [0.1, 0.15) is 11.6 Å². The number of aromatic amines is 1. The van der Waals surface area contributed by atoms with E-state index in [0.717, 1.165) is 37.0 Å². The smallest absolute Gasteiger partial charge is 0.227 e. The number of aromatic nitrogens is 4. The van der Waals surface area contributed by atoms with E-state index < -0.39 is 0 Å². The number of imidazole rings is 1. The van der Waals surface area contributed by atoms with Crippen LogP contribution in [0.25, 0.3) is 22.4 Å². The number of fused-ring (bicyclic) bond motifs is 1. The van der Waals surface area contributed by atoms with Gasteiger partial charge in [0.25, 0.3) is 0 Å². The number of hydrogen-bond acceptors (Lipinski definition) is 5. The highest BCUT2D eigenvalue weighted by molar-refractivity contribution is 5.95. The highest BCUT2D eigenvalue weighted by Crippen LogP contribution is 2.25. The number of rotatable bonds is 4. The third-order valence-electron chi connectivity index (χ3n) is 5.55. The van der Waals surface area contributed by atoms with Gasteiger partial charge >= 0.3 is 0 Å². The zero-order chi connectivity index (χ0) is 21.2. The highest BCUT2D eigenvalue weighted by atomic mass is 19.1. The SMILES string of the molecule is O=C(Nc1ccc2nc(-c3cccc(F)c3)[nH]c2c1)C1CCN(c2ncccn2)CC1. The predicted molar refractivity (Wildman–Crippen MR) is 117 cm³/mol. The summed E-state index contributed by atoms with van der Waals surface area (Å²) in [6, 6.07) is 13.6. The average Bonchev–Trinajstić information content (AvgIpc) is 3.23. The van der Waals surface area contributed by atoms with Crippen LogP contribution in [-0.4, -0.2) is 38.9 Å². The number of nitrogens with one attached hydrogen (secondary N) is 2. The summed E-state index contributed by atoms with van der Waals surface area (Å²) in [6.07, 6.45) is 4.96. The maximum Gasteiger partial charge on any atom is 0.227 e. The van der Waals surface area contributed by atoms with E-state index in [1.54, 1.807) is 30.6 Å². The fraction of sp³-hybridized carbons (Fsp3) is 0.217. The number of H-pyrrole nitrogens is 1. The summed E-state index contributed by atoms with van der Waals surface area (Å²) in [5.74, 6) is 0.947. The fourth-order valence-corrected chi connectivity index (χ4v) is 3.90. The van der Waals surface area contributed by atoms with Crippen LogP contribution in [0.3, 0.4) is 0 Å². The van der Waals surface area contributed by atoms with Gasteiger partial charge in [-0.15, -0.1) is 0 Å². The van der Waals surface area contributed by atoms with Gasteiger partial charge in [-0.1, -0.05) is 12.1 Å². The number of nitrogens with zero attached hydrogens (tertiary/aromatic N) is 4. The van der Waals surface area contributed by atoms with Crippen LogP contribution in [0.1, 0.15) is 12.8 Å². The molecule has 8 heteroatoms. The first-order valence-corrected chi connectivity index (χ1v) is 10.2. The molecule has 0 aliphatic carbocycles. The van der Waals surface area contributed by atoms with Crippen LogP contribution in [0.5, 0.6) is 0 Å². The van der Waals surface area contributed by atoms with Gasteiger partial charge < -0.3 is 15.2 Å². The lowest BCUT2D eigenvalue weighted by Gasteiger charge is -2.31. The Labute approximate surface area is 178 Å². The maximum absolute atomic E-state index is 13.5. The van der Waals surface area contributed by atoms with Crippen molar-refractivity contribution in [1.29, 1.82) is 0 Å². The van der Waals surface area contributed by atoms with Gasteiger partial charge in [0.05, 0.1) is 11.0 Å². The minimum atomic E-state index is -0.309. The van der Waals surface area contributed by atoms with Crippen molar-refractivity contribution < 1.29 is 9.18 Å². The predicted octanol–water partition coefficient (Wildman–Crippen LogP) is 4.01. The molecular formula is C23H21FN6O. The van der Waals surface area contributed by atoms with Gasteiger partial charge in [-0.3, -0.25) is 4.79 Å². The molecule has 1 fully saturated rings. The first-order chi connectivity index (χ1) is 15.2. The molecule has 7 nitrogen and oxygen atoms in total. The van der Waals surface area contributed by atoms with Crippen molar-refractivity contribution in [1.82, 2.24) is 19.9 Å². The Morgan fingerprint density at radius 3 is 2.65 bits per heavy atom. The van der Waals surface area contributed by atoms with E-state index >= 15 is 0 Å². The Bertz CT molecular complexity index is 1220. The Balaban J connectivity index is 1.25. The number of amides is 1. The van der Waals surface area contributed by atoms with E-state index in [2.05, 4.69) is 30.2 Å². The van der Waals surface area contributed by atoms with Crippen LogP contribution in [0.4, 0.5) is 16.0 Å².